The van der Waals surface area contributed by atoms with Crippen LogP contribution in [0.25, 0.3) is 0 Å². The van der Waals surface area contributed by atoms with Gasteiger partial charge in [0.25, 0.3) is 0 Å². The molecule has 0 bridgehead atoms. The topological polar surface area (TPSA) is 47.6 Å². The van der Waals surface area contributed by atoms with Crippen LogP contribution in [0.1, 0.15) is 44.7 Å². The second-order valence-electron chi connectivity index (χ2n) is 8.16. The normalized spacial score (nSPS) is 15.1. The van der Waals surface area contributed by atoms with Crippen molar-refractivity contribution in [2.24, 2.45) is 0 Å². The summed E-state index contributed by atoms with van der Waals surface area (Å²) in [5.41, 5.74) is 2.15. The van der Waals surface area contributed by atoms with Crippen LogP contribution in [0.2, 0.25) is 0 Å². The molecule has 1 aliphatic rings. The Kier molecular flexibility index (Phi) is 5.45. The van der Waals surface area contributed by atoms with Gasteiger partial charge in [-0.1, -0.05) is 57.2 Å². The number of carbonyl (C=O) groups excluding carboxylic acids is 1. The van der Waals surface area contributed by atoms with Crippen LogP contribution in [0.5, 0.6) is 11.5 Å². The highest BCUT2D eigenvalue weighted by Gasteiger charge is 2.51. The molecule has 4 nitrogen and oxygen atoms in total. The molecule has 0 unspecified atom stereocenters. The minimum absolute atomic E-state index is 0.0923. The van der Waals surface area contributed by atoms with Gasteiger partial charge < -0.3 is 14.8 Å². The Morgan fingerprint density at radius 2 is 1.67 bits per heavy atom. The van der Waals surface area contributed by atoms with Gasteiger partial charge in [0.15, 0.2) is 11.5 Å². The van der Waals surface area contributed by atoms with Crippen molar-refractivity contribution in [2.75, 3.05) is 20.3 Å². The lowest BCUT2D eigenvalue weighted by Crippen LogP contribution is -2.37. The molecule has 0 heterocycles. The van der Waals surface area contributed by atoms with Crippen molar-refractivity contribution in [3.05, 3.63) is 59.7 Å². The Hall–Kier alpha value is -2.49. The molecule has 1 saturated carbocycles. The van der Waals surface area contributed by atoms with Crippen LogP contribution in [0.15, 0.2) is 48.5 Å². The van der Waals surface area contributed by atoms with Crippen LogP contribution < -0.4 is 14.8 Å². The summed E-state index contributed by atoms with van der Waals surface area (Å²) >= 11 is 0. The molecule has 0 atom stereocenters. The van der Waals surface area contributed by atoms with E-state index in [4.69, 9.17) is 9.47 Å². The SMILES string of the molecule is COc1ccccc1OCCNC(=O)C1(c2ccc(C(C)(C)C)cc2)CC1. The fraction of sp³-hybridized carbons (Fsp3) is 0.435. The van der Waals surface area contributed by atoms with Gasteiger partial charge in [0.2, 0.25) is 5.91 Å². The Bertz CT molecular complexity index is 786. The van der Waals surface area contributed by atoms with E-state index in [2.05, 4.69) is 50.4 Å². The molecule has 2 aromatic rings. The fourth-order valence-corrected chi connectivity index (χ4v) is 3.29. The van der Waals surface area contributed by atoms with Gasteiger partial charge in [0, 0.05) is 0 Å². The average Bonchev–Trinajstić information content (AvgIpc) is 3.47. The lowest BCUT2D eigenvalue weighted by atomic mass is 9.85. The predicted octanol–water partition coefficient (Wildman–Crippen LogP) is 4.22. The fourth-order valence-electron chi connectivity index (χ4n) is 3.29. The number of para-hydroxylation sites is 2. The van der Waals surface area contributed by atoms with Crippen molar-refractivity contribution in [3.8, 4) is 11.5 Å². The molecule has 0 aromatic heterocycles. The van der Waals surface area contributed by atoms with E-state index >= 15 is 0 Å². The lowest BCUT2D eigenvalue weighted by Gasteiger charge is -2.21. The number of hydrogen-bond acceptors (Lipinski definition) is 3. The molecule has 1 amide bonds. The summed E-state index contributed by atoms with van der Waals surface area (Å²) < 4.78 is 11.0. The highest BCUT2D eigenvalue weighted by atomic mass is 16.5. The maximum atomic E-state index is 12.8. The van der Waals surface area contributed by atoms with Gasteiger partial charge in [-0.25, -0.2) is 0 Å². The molecule has 0 saturated heterocycles. The highest BCUT2D eigenvalue weighted by molar-refractivity contribution is 5.91. The molecular formula is C23H29NO3. The number of rotatable bonds is 7. The van der Waals surface area contributed by atoms with E-state index in [0.29, 0.717) is 24.7 Å². The summed E-state index contributed by atoms with van der Waals surface area (Å²) in [4.78, 5) is 12.8. The minimum atomic E-state index is -0.360. The standard InChI is InChI=1S/C23H29NO3/c1-22(2,3)17-9-11-18(12-10-17)23(13-14-23)21(25)24-15-16-27-20-8-6-5-7-19(20)26-4/h5-12H,13-16H2,1-4H3,(H,24,25). The molecule has 1 aliphatic carbocycles. The summed E-state index contributed by atoms with van der Waals surface area (Å²) in [6.45, 7) is 7.47. The Morgan fingerprint density at radius 3 is 2.22 bits per heavy atom. The minimum Gasteiger partial charge on any atom is -0.493 e. The zero-order valence-electron chi connectivity index (χ0n) is 16.7. The van der Waals surface area contributed by atoms with Gasteiger partial charge in [-0.05, 0) is 41.5 Å². The molecule has 1 N–H and O–H groups in total. The van der Waals surface area contributed by atoms with Gasteiger partial charge in [0.05, 0.1) is 19.1 Å². The van der Waals surface area contributed by atoms with Crippen LogP contribution in [0.4, 0.5) is 0 Å². The van der Waals surface area contributed by atoms with Crippen molar-refractivity contribution in [1.82, 2.24) is 5.32 Å². The molecule has 0 spiro atoms. The van der Waals surface area contributed by atoms with E-state index < -0.39 is 0 Å². The highest BCUT2D eigenvalue weighted by Crippen LogP contribution is 2.48. The summed E-state index contributed by atoms with van der Waals surface area (Å²) in [5.74, 6) is 1.48. The molecule has 2 aromatic carbocycles. The molecule has 4 heteroatoms. The number of nitrogens with one attached hydrogen (secondary N) is 1. The monoisotopic (exact) mass is 367 g/mol. The zero-order valence-corrected chi connectivity index (χ0v) is 16.7. The first kappa shape index (κ1) is 19.3. The Balaban J connectivity index is 1.55. The second kappa shape index (κ2) is 7.63. The van der Waals surface area contributed by atoms with E-state index in [9.17, 15) is 4.79 Å². The number of carbonyl (C=O) groups is 1. The maximum Gasteiger partial charge on any atom is 0.230 e. The first-order chi connectivity index (χ1) is 12.9. The van der Waals surface area contributed by atoms with E-state index in [-0.39, 0.29) is 16.7 Å². The number of amides is 1. The number of benzene rings is 2. The van der Waals surface area contributed by atoms with Crippen LogP contribution in [0, 0.1) is 0 Å². The third-order valence-electron chi connectivity index (χ3n) is 5.20. The molecule has 144 valence electrons. The van der Waals surface area contributed by atoms with Crippen molar-refractivity contribution < 1.29 is 14.3 Å². The van der Waals surface area contributed by atoms with E-state index in [1.165, 1.54) is 5.56 Å². The van der Waals surface area contributed by atoms with E-state index in [1.807, 2.05) is 24.3 Å². The number of ether oxygens (including phenoxy) is 2. The largest absolute Gasteiger partial charge is 0.493 e. The first-order valence-corrected chi connectivity index (χ1v) is 9.52. The first-order valence-electron chi connectivity index (χ1n) is 9.52. The Labute approximate surface area is 161 Å². The predicted molar refractivity (Wildman–Crippen MR) is 108 cm³/mol. The van der Waals surface area contributed by atoms with Crippen LogP contribution in [-0.4, -0.2) is 26.2 Å². The van der Waals surface area contributed by atoms with Gasteiger partial charge >= 0.3 is 0 Å². The summed E-state index contributed by atoms with van der Waals surface area (Å²) in [6.07, 6.45) is 1.81. The summed E-state index contributed by atoms with van der Waals surface area (Å²) in [6, 6.07) is 16.0. The van der Waals surface area contributed by atoms with E-state index in [1.54, 1.807) is 7.11 Å². The molecular weight excluding hydrogens is 338 g/mol. The van der Waals surface area contributed by atoms with Crippen LogP contribution in [0.3, 0.4) is 0 Å². The zero-order chi connectivity index (χ0) is 19.5. The summed E-state index contributed by atoms with van der Waals surface area (Å²) in [7, 11) is 1.62. The molecule has 0 radical (unpaired) electrons. The molecule has 27 heavy (non-hydrogen) atoms. The third-order valence-corrected chi connectivity index (χ3v) is 5.20. The number of hydrogen-bond donors (Lipinski definition) is 1. The second-order valence-corrected chi connectivity index (χ2v) is 8.16. The maximum absolute atomic E-state index is 12.8. The van der Waals surface area contributed by atoms with Crippen molar-refractivity contribution in [3.63, 3.8) is 0 Å². The smallest absolute Gasteiger partial charge is 0.230 e. The molecule has 3 rings (SSSR count). The van der Waals surface area contributed by atoms with Crippen LogP contribution in [-0.2, 0) is 15.6 Å². The van der Waals surface area contributed by atoms with Gasteiger partial charge in [-0.2, -0.15) is 0 Å². The molecule has 1 fully saturated rings. The number of methoxy groups -OCH3 is 1. The Morgan fingerprint density at radius 1 is 1.04 bits per heavy atom. The summed E-state index contributed by atoms with van der Waals surface area (Å²) in [5, 5.41) is 3.03. The average molecular weight is 367 g/mol. The van der Waals surface area contributed by atoms with E-state index in [0.717, 1.165) is 18.4 Å². The molecule has 0 aliphatic heterocycles. The van der Waals surface area contributed by atoms with Crippen molar-refractivity contribution in [1.29, 1.82) is 0 Å². The van der Waals surface area contributed by atoms with Crippen molar-refractivity contribution >= 4 is 5.91 Å². The van der Waals surface area contributed by atoms with Crippen LogP contribution >= 0.6 is 0 Å². The van der Waals surface area contributed by atoms with Gasteiger partial charge in [-0.15, -0.1) is 0 Å². The lowest BCUT2D eigenvalue weighted by molar-refractivity contribution is -0.123. The van der Waals surface area contributed by atoms with Crippen molar-refractivity contribution in [2.45, 2.75) is 44.4 Å². The van der Waals surface area contributed by atoms with Gasteiger partial charge in [0.1, 0.15) is 6.61 Å². The van der Waals surface area contributed by atoms with Gasteiger partial charge in [-0.3, -0.25) is 4.79 Å². The quantitative estimate of drug-likeness (QED) is 0.746. The third kappa shape index (κ3) is 4.26.